The summed E-state index contributed by atoms with van der Waals surface area (Å²) in [5, 5.41) is 2.76. The summed E-state index contributed by atoms with van der Waals surface area (Å²) in [5.74, 6) is 0.286. The Bertz CT molecular complexity index is 311. The van der Waals surface area contributed by atoms with Crippen molar-refractivity contribution in [3.05, 3.63) is 29.8 Å². The molecule has 0 aliphatic carbocycles. The zero-order chi connectivity index (χ0) is 11.1. The molecule has 4 heteroatoms. The summed E-state index contributed by atoms with van der Waals surface area (Å²) in [4.78, 5) is 11.2. The Kier molecular flexibility index (Phi) is 5.15. The lowest BCUT2D eigenvalue weighted by Gasteiger charge is -2.05. The number of hydrogen-bond donors (Lipinski definition) is 2. The average Bonchev–Trinajstić information content (AvgIpc) is 2.22. The molecule has 0 bridgehead atoms. The maximum absolute atomic E-state index is 11.2. The highest BCUT2D eigenvalue weighted by Gasteiger charge is 2.00. The van der Waals surface area contributed by atoms with Gasteiger partial charge in [0.05, 0.1) is 0 Å². The number of halogens is 1. The summed E-state index contributed by atoms with van der Waals surface area (Å²) in [6.07, 6.45) is 1.20. The van der Waals surface area contributed by atoms with Crippen LogP contribution in [-0.2, 0) is 11.2 Å². The van der Waals surface area contributed by atoms with Crippen LogP contribution in [0.3, 0.4) is 0 Å². The van der Waals surface area contributed by atoms with E-state index in [9.17, 15) is 4.79 Å². The van der Waals surface area contributed by atoms with Crippen LogP contribution in [0.25, 0.3) is 0 Å². The number of nitrogens with one attached hydrogen (secondary N) is 1. The molecule has 82 valence electrons. The molecule has 0 saturated heterocycles. The van der Waals surface area contributed by atoms with Crippen LogP contribution in [0, 0.1) is 0 Å². The van der Waals surface area contributed by atoms with Gasteiger partial charge in [-0.05, 0) is 30.7 Å². The Morgan fingerprint density at radius 3 is 2.53 bits per heavy atom. The van der Waals surface area contributed by atoms with Gasteiger partial charge >= 0.3 is 0 Å². The zero-order valence-electron chi connectivity index (χ0n) is 8.50. The average molecular weight is 227 g/mol. The van der Waals surface area contributed by atoms with E-state index in [2.05, 4.69) is 5.32 Å². The minimum Gasteiger partial charge on any atom is -0.330 e. The van der Waals surface area contributed by atoms with Crippen molar-refractivity contribution in [3.63, 3.8) is 0 Å². The predicted octanol–water partition coefficient (Wildman–Crippen LogP) is 1.76. The molecule has 0 atom stereocenters. The van der Waals surface area contributed by atoms with E-state index in [1.54, 1.807) is 0 Å². The van der Waals surface area contributed by atoms with E-state index in [4.69, 9.17) is 17.3 Å². The van der Waals surface area contributed by atoms with Crippen molar-refractivity contribution < 1.29 is 4.79 Å². The molecule has 0 aliphatic heterocycles. The van der Waals surface area contributed by atoms with Crippen molar-refractivity contribution in [1.29, 1.82) is 0 Å². The second-order valence-electron chi connectivity index (χ2n) is 3.22. The first-order chi connectivity index (χ1) is 7.26. The minimum atomic E-state index is -0.0587. The van der Waals surface area contributed by atoms with Gasteiger partial charge in [-0.1, -0.05) is 12.1 Å². The van der Waals surface area contributed by atoms with Crippen molar-refractivity contribution in [3.8, 4) is 0 Å². The Hall–Kier alpha value is -1.06. The highest BCUT2D eigenvalue weighted by atomic mass is 35.5. The van der Waals surface area contributed by atoms with Crippen LogP contribution >= 0.6 is 11.6 Å². The summed E-state index contributed by atoms with van der Waals surface area (Å²) in [5.41, 5.74) is 7.41. The highest BCUT2D eigenvalue weighted by molar-refractivity contribution is 6.19. The van der Waals surface area contributed by atoms with E-state index < -0.39 is 0 Å². The second-order valence-corrected chi connectivity index (χ2v) is 3.60. The fourth-order valence-corrected chi connectivity index (χ4v) is 1.40. The lowest BCUT2D eigenvalue weighted by Crippen LogP contribution is -2.11. The van der Waals surface area contributed by atoms with E-state index in [1.165, 1.54) is 5.56 Å². The van der Waals surface area contributed by atoms with E-state index in [-0.39, 0.29) is 5.91 Å². The number of rotatable bonds is 5. The largest absolute Gasteiger partial charge is 0.330 e. The molecular formula is C11H15ClN2O. The molecule has 1 aromatic rings. The second kappa shape index (κ2) is 6.43. The quantitative estimate of drug-likeness (QED) is 0.752. The van der Waals surface area contributed by atoms with Gasteiger partial charge in [0.2, 0.25) is 5.91 Å². The van der Waals surface area contributed by atoms with Gasteiger partial charge in [0.25, 0.3) is 0 Å². The van der Waals surface area contributed by atoms with Crippen LogP contribution in [0.4, 0.5) is 5.69 Å². The molecule has 3 nitrogen and oxygen atoms in total. The van der Waals surface area contributed by atoms with E-state index in [0.29, 0.717) is 18.8 Å². The molecule has 0 spiro atoms. The van der Waals surface area contributed by atoms with Gasteiger partial charge in [0.15, 0.2) is 0 Å². The smallest absolute Gasteiger partial charge is 0.225 e. The molecule has 0 fully saturated rings. The highest BCUT2D eigenvalue weighted by Crippen LogP contribution is 2.10. The number of hydrogen-bond acceptors (Lipinski definition) is 2. The summed E-state index contributed by atoms with van der Waals surface area (Å²) in [6, 6.07) is 7.67. The third-order valence-corrected chi connectivity index (χ3v) is 2.18. The van der Waals surface area contributed by atoms with Gasteiger partial charge in [-0.3, -0.25) is 4.79 Å². The standard InChI is InChI=1S/C11H15ClN2O/c12-7-5-11(15)14-10-3-1-9(2-4-10)6-8-13/h1-4H,5-8,13H2,(H,14,15). The summed E-state index contributed by atoms with van der Waals surface area (Å²) in [7, 11) is 0. The fourth-order valence-electron chi connectivity index (χ4n) is 1.23. The predicted molar refractivity (Wildman–Crippen MR) is 63.2 cm³/mol. The van der Waals surface area contributed by atoms with E-state index >= 15 is 0 Å². The Balaban J connectivity index is 2.52. The Labute approximate surface area is 94.6 Å². The first kappa shape index (κ1) is 12.0. The zero-order valence-corrected chi connectivity index (χ0v) is 9.26. The topological polar surface area (TPSA) is 55.1 Å². The van der Waals surface area contributed by atoms with Gasteiger partial charge in [-0.25, -0.2) is 0 Å². The van der Waals surface area contributed by atoms with Gasteiger partial charge in [0.1, 0.15) is 0 Å². The lowest BCUT2D eigenvalue weighted by molar-refractivity contribution is -0.115. The third kappa shape index (κ3) is 4.32. The molecule has 1 rings (SSSR count). The fraction of sp³-hybridized carbons (Fsp3) is 0.364. The molecule has 0 heterocycles. The van der Waals surface area contributed by atoms with Crippen LogP contribution < -0.4 is 11.1 Å². The first-order valence-corrected chi connectivity index (χ1v) is 5.44. The summed E-state index contributed by atoms with van der Waals surface area (Å²) < 4.78 is 0. The number of alkyl halides is 1. The van der Waals surface area contributed by atoms with E-state index in [1.807, 2.05) is 24.3 Å². The van der Waals surface area contributed by atoms with Crippen LogP contribution in [0.5, 0.6) is 0 Å². The maximum Gasteiger partial charge on any atom is 0.225 e. The van der Waals surface area contributed by atoms with Gasteiger partial charge in [0, 0.05) is 18.0 Å². The molecule has 15 heavy (non-hydrogen) atoms. The molecule has 3 N–H and O–H groups in total. The SMILES string of the molecule is NCCc1ccc(NC(=O)CCCl)cc1. The van der Waals surface area contributed by atoms with Gasteiger partial charge in [-0.2, -0.15) is 0 Å². The number of carbonyl (C=O) groups is 1. The van der Waals surface area contributed by atoms with Crippen LogP contribution in [-0.4, -0.2) is 18.3 Å². The van der Waals surface area contributed by atoms with E-state index in [0.717, 1.165) is 12.1 Å². The molecule has 1 amide bonds. The van der Waals surface area contributed by atoms with Crippen molar-refractivity contribution in [1.82, 2.24) is 0 Å². The molecule has 0 aliphatic rings. The number of amides is 1. The number of anilines is 1. The third-order valence-electron chi connectivity index (χ3n) is 1.99. The van der Waals surface area contributed by atoms with Crippen molar-refractivity contribution in [2.24, 2.45) is 5.73 Å². The van der Waals surface area contributed by atoms with Gasteiger partial charge < -0.3 is 11.1 Å². The molecule has 0 unspecified atom stereocenters. The first-order valence-electron chi connectivity index (χ1n) is 4.91. The van der Waals surface area contributed by atoms with Crippen LogP contribution in [0.1, 0.15) is 12.0 Å². The molecule has 0 aromatic heterocycles. The minimum absolute atomic E-state index is 0.0587. The van der Waals surface area contributed by atoms with Crippen LogP contribution in [0.2, 0.25) is 0 Å². The van der Waals surface area contributed by atoms with Crippen molar-refractivity contribution >= 4 is 23.2 Å². The number of benzene rings is 1. The lowest BCUT2D eigenvalue weighted by atomic mass is 10.1. The number of nitrogens with two attached hydrogens (primary N) is 1. The van der Waals surface area contributed by atoms with Crippen molar-refractivity contribution in [2.45, 2.75) is 12.8 Å². The monoisotopic (exact) mass is 226 g/mol. The Morgan fingerprint density at radius 2 is 2.00 bits per heavy atom. The Morgan fingerprint density at radius 1 is 1.33 bits per heavy atom. The number of carbonyl (C=O) groups excluding carboxylic acids is 1. The maximum atomic E-state index is 11.2. The summed E-state index contributed by atoms with van der Waals surface area (Å²) in [6.45, 7) is 0.637. The van der Waals surface area contributed by atoms with Crippen molar-refractivity contribution in [2.75, 3.05) is 17.7 Å². The molecule has 0 radical (unpaired) electrons. The van der Waals surface area contributed by atoms with Crippen LogP contribution in [0.15, 0.2) is 24.3 Å². The molecule has 1 aromatic carbocycles. The van der Waals surface area contributed by atoms with Gasteiger partial charge in [-0.15, -0.1) is 11.6 Å². The molecule has 0 saturated carbocycles. The molecular weight excluding hydrogens is 212 g/mol. The normalized spacial score (nSPS) is 10.0. The summed E-state index contributed by atoms with van der Waals surface area (Å²) >= 11 is 5.45.